The molecule has 0 spiro atoms. The smallest absolute Gasteiger partial charge is 0.123 e. The molecule has 1 rings (SSSR count). The number of pyridine rings is 1. The third-order valence-corrected chi connectivity index (χ3v) is 4.50. The predicted octanol–water partition coefficient (Wildman–Crippen LogP) is 5.15. The monoisotopic (exact) mass is 351 g/mol. The molecule has 0 atom stereocenters. The minimum absolute atomic E-state index is 0.136. The summed E-state index contributed by atoms with van der Waals surface area (Å²) in [4.78, 5) is 4.10. The molecule has 0 aromatic carbocycles. The highest BCUT2D eigenvalue weighted by molar-refractivity contribution is 5.26. The largest absolute Gasteiger partial charge is 0.493 e. The van der Waals surface area contributed by atoms with E-state index in [-0.39, 0.29) is 13.2 Å². The molecule has 0 bridgehead atoms. The number of unbranched alkanes of at least 4 members (excludes halogenated alkanes) is 11. The molecule has 4 nitrogen and oxygen atoms in total. The zero-order valence-electron chi connectivity index (χ0n) is 16.0. The van der Waals surface area contributed by atoms with Gasteiger partial charge in [-0.05, 0) is 6.42 Å². The summed E-state index contributed by atoms with van der Waals surface area (Å²) in [6.07, 6.45) is 15.9. The molecular weight excluding hydrogens is 314 g/mol. The molecule has 1 aromatic rings. The summed E-state index contributed by atoms with van der Waals surface area (Å²) in [5.74, 6) is 0.686. The van der Waals surface area contributed by atoms with Gasteiger partial charge in [-0.1, -0.05) is 77.6 Å². The van der Waals surface area contributed by atoms with Gasteiger partial charge in [0.2, 0.25) is 0 Å². The minimum atomic E-state index is -0.136. The van der Waals surface area contributed by atoms with Crippen molar-refractivity contribution < 1.29 is 14.9 Å². The highest BCUT2D eigenvalue weighted by Gasteiger charge is 2.03. The standard InChI is InChI=1S/C21H37NO3/c1-2-3-4-5-6-7-8-9-10-11-12-13-14-25-21-15-19(17-23)22-20(16-21)18-24/h15-16,23-24H,2-14,17-18H2,1H3. The molecule has 0 aliphatic rings. The van der Waals surface area contributed by atoms with Gasteiger partial charge in [0.1, 0.15) is 5.75 Å². The van der Waals surface area contributed by atoms with Crippen molar-refractivity contribution in [2.45, 2.75) is 97.2 Å². The van der Waals surface area contributed by atoms with Gasteiger partial charge in [0, 0.05) is 12.1 Å². The Balaban J connectivity index is 1.97. The molecule has 0 saturated carbocycles. The summed E-state index contributed by atoms with van der Waals surface area (Å²) in [7, 11) is 0. The van der Waals surface area contributed by atoms with Crippen LogP contribution in [0.4, 0.5) is 0 Å². The van der Waals surface area contributed by atoms with Crippen molar-refractivity contribution in [2.75, 3.05) is 6.61 Å². The van der Waals surface area contributed by atoms with Crippen molar-refractivity contribution in [1.82, 2.24) is 4.98 Å². The van der Waals surface area contributed by atoms with E-state index in [9.17, 15) is 0 Å². The van der Waals surface area contributed by atoms with E-state index in [0.29, 0.717) is 23.7 Å². The molecule has 2 N–H and O–H groups in total. The lowest BCUT2D eigenvalue weighted by Crippen LogP contribution is -2.02. The van der Waals surface area contributed by atoms with Crippen LogP contribution in [0, 0.1) is 0 Å². The summed E-state index contributed by atoms with van der Waals surface area (Å²) in [6, 6.07) is 3.47. The summed E-state index contributed by atoms with van der Waals surface area (Å²) < 4.78 is 5.72. The van der Waals surface area contributed by atoms with Crippen LogP contribution in [0.1, 0.15) is 95.4 Å². The molecule has 0 amide bonds. The van der Waals surface area contributed by atoms with E-state index in [1.807, 2.05) is 0 Å². The second-order valence-corrected chi connectivity index (χ2v) is 6.84. The van der Waals surface area contributed by atoms with Crippen molar-refractivity contribution in [3.05, 3.63) is 23.5 Å². The van der Waals surface area contributed by atoms with Gasteiger partial charge in [-0.2, -0.15) is 0 Å². The maximum Gasteiger partial charge on any atom is 0.123 e. The van der Waals surface area contributed by atoms with Crippen molar-refractivity contribution in [3.8, 4) is 5.75 Å². The van der Waals surface area contributed by atoms with Crippen LogP contribution in [0.3, 0.4) is 0 Å². The SMILES string of the molecule is CCCCCCCCCCCCCCOc1cc(CO)nc(CO)c1. The van der Waals surface area contributed by atoms with Crippen LogP contribution in [0.5, 0.6) is 5.75 Å². The zero-order valence-corrected chi connectivity index (χ0v) is 16.0. The number of rotatable bonds is 16. The first kappa shape index (κ1) is 21.9. The average molecular weight is 352 g/mol. The summed E-state index contributed by atoms with van der Waals surface area (Å²) in [5.41, 5.74) is 1.08. The van der Waals surface area contributed by atoms with Crippen LogP contribution in [0.25, 0.3) is 0 Å². The molecule has 0 fully saturated rings. The van der Waals surface area contributed by atoms with Gasteiger partial charge in [-0.3, -0.25) is 4.98 Å². The van der Waals surface area contributed by atoms with Crippen molar-refractivity contribution in [3.63, 3.8) is 0 Å². The topological polar surface area (TPSA) is 62.6 Å². The summed E-state index contributed by atoms with van der Waals surface area (Å²) in [6.45, 7) is 2.67. The molecule has 4 heteroatoms. The van der Waals surface area contributed by atoms with E-state index >= 15 is 0 Å². The lowest BCUT2D eigenvalue weighted by molar-refractivity contribution is 0.260. The molecule has 0 radical (unpaired) electrons. The Labute approximate surface area is 153 Å². The van der Waals surface area contributed by atoms with Gasteiger partial charge in [0.05, 0.1) is 31.2 Å². The molecule has 25 heavy (non-hydrogen) atoms. The lowest BCUT2D eigenvalue weighted by Gasteiger charge is -2.09. The molecule has 0 aliphatic carbocycles. The van der Waals surface area contributed by atoms with Gasteiger partial charge in [0.25, 0.3) is 0 Å². The molecule has 0 aliphatic heterocycles. The Morgan fingerprint density at radius 2 is 1.16 bits per heavy atom. The van der Waals surface area contributed by atoms with E-state index in [2.05, 4.69) is 11.9 Å². The van der Waals surface area contributed by atoms with Gasteiger partial charge < -0.3 is 14.9 Å². The van der Waals surface area contributed by atoms with Crippen LogP contribution in [-0.4, -0.2) is 21.8 Å². The number of hydrogen-bond donors (Lipinski definition) is 2. The maximum atomic E-state index is 9.17. The number of hydrogen-bond acceptors (Lipinski definition) is 4. The number of nitrogens with zero attached hydrogens (tertiary/aromatic N) is 1. The first-order chi connectivity index (χ1) is 12.3. The van der Waals surface area contributed by atoms with Crippen LogP contribution in [-0.2, 0) is 13.2 Å². The van der Waals surface area contributed by atoms with Crippen molar-refractivity contribution in [2.24, 2.45) is 0 Å². The van der Waals surface area contributed by atoms with Gasteiger partial charge in [-0.15, -0.1) is 0 Å². The fourth-order valence-electron chi connectivity index (χ4n) is 3.00. The third-order valence-electron chi connectivity index (χ3n) is 4.50. The van der Waals surface area contributed by atoms with Gasteiger partial charge in [0.15, 0.2) is 0 Å². The molecular formula is C21H37NO3. The second kappa shape index (κ2) is 15.2. The fourth-order valence-corrected chi connectivity index (χ4v) is 3.00. The third kappa shape index (κ3) is 11.2. The molecule has 144 valence electrons. The fraction of sp³-hybridized carbons (Fsp3) is 0.762. The minimum Gasteiger partial charge on any atom is -0.493 e. The number of aliphatic hydroxyl groups is 2. The molecule has 0 unspecified atom stereocenters. The quantitative estimate of drug-likeness (QED) is 0.404. The molecule has 1 aromatic heterocycles. The average Bonchev–Trinajstić information content (AvgIpc) is 2.65. The lowest BCUT2D eigenvalue weighted by atomic mass is 10.1. The number of aromatic nitrogens is 1. The summed E-state index contributed by atoms with van der Waals surface area (Å²) >= 11 is 0. The Morgan fingerprint density at radius 3 is 1.60 bits per heavy atom. The zero-order chi connectivity index (χ0) is 18.2. The number of ether oxygens (including phenoxy) is 1. The number of aliphatic hydroxyl groups excluding tert-OH is 2. The Morgan fingerprint density at radius 1 is 0.720 bits per heavy atom. The molecule has 0 saturated heterocycles. The van der Waals surface area contributed by atoms with E-state index in [1.54, 1.807) is 12.1 Å². The van der Waals surface area contributed by atoms with Gasteiger partial charge >= 0.3 is 0 Å². The second-order valence-electron chi connectivity index (χ2n) is 6.84. The van der Waals surface area contributed by atoms with Crippen LogP contribution in [0.2, 0.25) is 0 Å². The van der Waals surface area contributed by atoms with E-state index in [1.165, 1.54) is 70.6 Å². The van der Waals surface area contributed by atoms with Crippen molar-refractivity contribution >= 4 is 0 Å². The maximum absolute atomic E-state index is 9.17. The molecule has 1 heterocycles. The highest BCUT2D eigenvalue weighted by atomic mass is 16.5. The van der Waals surface area contributed by atoms with Gasteiger partial charge in [-0.25, -0.2) is 0 Å². The Kier molecular flexibility index (Phi) is 13.3. The van der Waals surface area contributed by atoms with E-state index in [0.717, 1.165) is 6.42 Å². The predicted molar refractivity (Wildman–Crippen MR) is 103 cm³/mol. The normalized spacial score (nSPS) is 11.0. The van der Waals surface area contributed by atoms with E-state index < -0.39 is 0 Å². The van der Waals surface area contributed by atoms with E-state index in [4.69, 9.17) is 14.9 Å². The Hall–Kier alpha value is -1.13. The summed E-state index contributed by atoms with van der Waals surface area (Å²) in [5, 5.41) is 18.3. The first-order valence-electron chi connectivity index (χ1n) is 10.1. The Bertz CT molecular complexity index is 415. The first-order valence-corrected chi connectivity index (χ1v) is 10.1. The van der Waals surface area contributed by atoms with Crippen LogP contribution < -0.4 is 4.74 Å². The van der Waals surface area contributed by atoms with Crippen LogP contribution in [0.15, 0.2) is 12.1 Å². The van der Waals surface area contributed by atoms with Crippen LogP contribution >= 0.6 is 0 Å². The van der Waals surface area contributed by atoms with Crippen molar-refractivity contribution in [1.29, 1.82) is 0 Å². The highest BCUT2D eigenvalue weighted by Crippen LogP contribution is 2.16.